The first-order chi connectivity index (χ1) is 6.63. The molecule has 1 unspecified atom stereocenters. The van der Waals surface area contributed by atoms with Gasteiger partial charge in [0, 0.05) is 10.6 Å². The molecule has 1 atom stereocenters. The maximum Gasteiger partial charge on any atom is 0.0631 e. The quantitative estimate of drug-likeness (QED) is 0.770. The van der Waals surface area contributed by atoms with E-state index in [1.54, 1.807) is 11.8 Å². The molecule has 0 aliphatic rings. The van der Waals surface area contributed by atoms with Crippen LogP contribution >= 0.6 is 11.8 Å². The average Bonchev–Trinajstić information content (AvgIpc) is 2.19. The fourth-order valence-electron chi connectivity index (χ4n) is 1.17. The van der Waals surface area contributed by atoms with Crippen molar-refractivity contribution in [2.75, 3.05) is 5.75 Å². The molecule has 14 heavy (non-hydrogen) atoms. The standard InChI is InChI=1S/C12H18OS/c1-4-11(13)8-14-12-7-9(2)5-6-10(12)3/h5-7,11,13H,4,8H2,1-3H3. The first-order valence-corrected chi connectivity index (χ1v) is 6.00. The fraction of sp³-hybridized carbons (Fsp3) is 0.500. The van der Waals surface area contributed by atoms with Gasteiger partial charge in [-0.05, 0) is 31.9 Å². The number of thioether (sulfide) groups is 1. The van der Waals surface area contributed by atoms with E-state index in [0.29, 0.717) is 0 Å². The first-order valence-electron chi connectivity index (χ1n) is 5.01. The molecule has 1 nitrogen and oxygen atoms in total. The summed E-state index contributed by atoms with van der Waals surface area (Å²) in [4.78, 5) is 1.29. The lowest BCUT2D eigenvalue weighted by molar-refractivity contribution is 0.195. The summed E-state index contributed by atoms with van der Waals surface area (Å²) in [7, 11) is 0. The largest absolute Gasteiger partial charge is 0.392 e. The van der Waals surface area contributed by atoms with Crippen molar-refractivity contribution in [1.82, 2.24) is 0 Å². The van der Waals surface area contributed by atoms with Crippen molar-refractivity contribution in [1.29, 1.82) is 0 Å². The number of hydrogen-bond donors (Lipinski definition) is 1. The molecule has 1 N–H and O–H groups in total. The van der Waals surface area contributed by atoms with Crippen molar-refractivity contribution < 1.29 is 5.11 Å². The van der Waals surface area contributed by atoms with Gasteiger partial charge in [0.25, 0.3) is 0 Å². The third-order valence-corrected chi connectivity index (χ3v) is 3.55. The Balaban J connectivity index is 2.62. The Morgan fingerprint density at radius 2 is 2.07 bits per heavy atom. The maximum atomic E-state index is 9.46. The van der Waals surface area contributed by atoms with Crippen LogP contribution in [0.3, 0.4) is 0 Å². The van der Waals surface area contributed by atoms with Crippen molar-refractivity contribution in [3.63, 3.8) is 0 Å². The van der Waals surface area contributed by atoms with Crippen molar-refractivity contribution in [2.24, 2.45) is 0 Å². The molecule has 0 radical (unpaired) electrons. The van der Waals surface area contributed by atoms with Crippen LogP contribution in [-0.2, 0) is 0 Å². The highest BCUT2D eigenvalue weighted by Gasteiger charge is 2.04. The van der Waals surface area contributed by atoms with Crippen LogP contribution in [0.2, 0.25) is 0 Å². The number of benzene rings is 1. The normalized spacial score (nSPS) is 12.9. The van der Waals surface area contributed by atoms with E-state index < -0.39 is 0 Å². The van der Waals surface area contributed by atoms with Gasteiger partial charge in [0.2, 0.25) is 0 Å². The van der Waals surface area contributed by atoms with E-state index in [4.69, 9.17) is 0 Å². The lowest BCUT2D eigenvalue weighted by atomic mass is 10.2. The predicted molar refractivity (Wildman–Crippen MR) is 62.9 cm³/mol. The minimum absolute atomic E-state index is 0.181. The van der Waals surface area contributed by atoms with Gasteiger partial charge in [-0.2, -0.15) is 0 Å². The molecule has 1 rings (SSSR count). The second kappa shape index (κ2) is 5.42. The minimum atomic E-state index is -0.181. The van der Waals surface area contributed by atoms with Crippen molar-refractivity contribution in [2.45, 2.75) is 38.2 Å². The second-order valence-electron chi connectivity index (χ2n) is 3.64. The summed E-state index contributed by atoms with van der Waals surface area (Å²) in [5.74, 6) is 0.792. The van der Waals surface area contributed by atoms with Crippen molar-refractivity contribution in [3.05, 3.63) is 29.3 Å². The van der Waals surface area contributed by atoms with Gasteiger partial charge in [-0.3, -0.25) is 0 Å². The molecule has 1 aromatic carbocycles. The zero-order valence-corrected chi connectivity index (χ0v) is 9.90. The van der Waals surface area contributed by atoms with Crippen LogP contribution in [0.15, 0.2) is 23.1 Å². The van der Waals surface area contributed by atoms with Gasteiger partial charge in [0.05, 0.1) is 6.10 Å². The summed E-state index contributed by atoms with van der Waals surface area (Å²) in [6.07, 6.45) is 0.651. The van der Waals surface area contributed by atoms with Crippen LogP contribution in [0.1, 0.15) is 24.5 Å². The lowest BCUT2D eigenvalue weighted by Crippen LogP contribution is -2.07. The topological polar surface area (TPSA) is 20.2 Å². The van der Waals surface area contributed by atoms with E-state index in [-0.39, 0.29) is 6.10 Å². The van der Waals surface area contributed by atoms with E-state index in [2.05, 4.69) is 32.0 Å². The van der Waals surface area contributed by atoms with E-state index in [0.717, 1.165) is 12.2 Å². The third kappa shape index (κ3) is 3.35. The van der Waals surface area contributed by atoms with Gasteiger partial charge >= 0.3 is 0 Å². The highest BCUT2D eigenvalue weighted by molar-refractivity contribution is 7.99. The number of aliphatic hydroxyl groups excluding tert-OH is 1. The molecular weight excluding hydrogens is 192 g/mol. The molecule has 0 aliphatic carbocycles. The van der Waals surface area contributed by atoms with Gasteiger partial charge in [0.1, 0.15) is 0 Å². The number of aliphatic hydroxyl groups is 1. The molecule has 0 heterocycles. The second-order valence-corrected chi connectivity index (χ2v) is 4.70. The van der Waals surface area contributed by atoms with Crippen LogP contribution in [0, 0.1) is 13.8 Å². The summed E-state index contributed by atoms with van der Waals surface area (Å²) in [6, 6.07) is 6.44. The Labute approximate surface area is 90.5 Å². The SMILES string of the molecule is CCC(O)CSc1cc(C)ccc1C. The van der Waals surface area contributed by atoms with Gasteiger partial charge in [-0.15, -0.1) is 11.8 Å². The number of hydrogen-bond acceptors (Lipinski definition) is 2. The summed E-state index contributed by atoms with van der Waals surface area (Å²) in [5, 5.41) is 9.46. The molecule has 2 heteroatoms. The Morgan fingerprint density at radius 3 is 2.71 bits per heavy atom. The highest BCUT2D eigenvalue weighted by Crippen LogP contribution is 2.24. The van der Waals surface area contributed by atoms with E-state index in [9.17, 15) is 5.11 Å². The summed E-state index contributed by atoms with van der Waals surface area (Å²) < 4.78 is 0. The van der Waals surface area contributed by atoms with Crippen LogP contribution in [-0.4, -0.2) is 17.0 Å². The molecule has 0 amide bonds. The van der Waals surface area contributed by atoms with Crippen LogP contribution in [0.4, 0.5) is 0 Å². The third-order valence-electron chi connectivity index (χ3n) is 2.25. The minimum Gasteiger partial charge on any atom is -0.392 e. The van der Waals surface area contributed by atoms with Crippen LogP contribution in [0.5, 0.6) is 0 Å². The van der Waals surface area contributed by atoms with E-state index >= 15 is 0 Å². The van der Waals surface area contributed by atoms with E-state index in [1.807, 2.05) is 6.92 Å². The van der Waals surface area contributed by atoms with Gasteiger partial charge in [0.15, 0.2) is 0 Å². The molecule has 0 aromatic heterocycles. The monoisotopic (exact) mass is 210 g/mol. The summed E-state index contributed by atoms with van der Waals surface area (Å²) >= 11 is 1.74. The smallest absolute Gasteiger partial charge is 0.0631 e. The zero-order chi connectivity index (χ0) is 10.6. The summed E-state index contributed by atoms with van der Waals surface area (Å²) in [5.41, 5.74) is 2.58. The van der Waals surface area contributed by atoms with Crippen LogP contribution < -0.4 is 0 Å². The molecule has 78 valence electrons. The molecule has 0 fully saturated rings. The highest BCUT2D eigenvalue weighted by atomic mass is 32.2. The molecule has 0 bridgehead atoms. The van der Waals surface area contributed by atoms with Gasteiger partial charge in [-0.1, -0.05) is 24.6 Å². The van der Waals surface area contributed by atoms with Gasteiger partial charge in [-0.25, -0.2) is 0 Å². The Bertz CT molecular complexity index is 296. The Hall–Kier alpha value is -0.470. The molecule has 0 spiro atoms. The molecule has 0 saturated carbocycles. The molecule has 0 aliphatic heterocycles. The first kappa shape index (κ1) is 11.6. The molecular formula is C12H18OS. The zero-order valence-electron chi connectivity index (χ0n) is 9.08. The van der Waals surface area contributed by atoms with Crippen molar-refractivity contribution >= 4 is 11.8 Å². The lowest BCUT2D eigenvalue weighted by Gasteiger charge is -2.09. The number of rotatable bonds is 4. The van der Waals surface area contributed by atoms with Gasteiger partial charge < -0.3 is 5.11 Å². The Morgan fingerprint density at radius 1 is 1.36 bits per heavy atom. The summed E-state index contributed by atoms with van der Waals surface area (Å²) in [6.45, 7) is 6.22. The average molecular weight is 210 g/mol. The Kier molecular flexibility index (Phi) is 4.49. The number of aryl methyl sites for hydroxylation is 2. The molecule has 0 saturated heterocycles. The van der Waals surface area contributed by atoms with Crippen molar-refractivity contribution in [3.8, 4) is 0 Å². The molecule has 1 aromatic rings. The van der Waals surface area contributed by atoms with E-state index in [1.165, 1.54) is 16.0 Å². The fourth-order valence-corrected chi connectivity index (χ4v) is 2.34. The predicted octanol–water partition coefficient (Wildman–Crippen LogP) is 3.17. The van der Waals surface area contributed by atoms with Crippen LogP contribution in [0.25, 0.3) is 0 Å². The maximum absolute atomic E-state index is 9.46.